The number of aliphatic carboxylic acids is 1. The average Bonchev–Trinajstić information content (AvgIpc) is 3.14. The van der Waals surface area contributed by atoms with Crippen molar-refractivity contribution in [2.24, 2.45) is 5.92 Å². The third-order valence-corrected chi connectivity index (χ3v) is 5.83. The van der Waals surface area contributed by atoms with E-state index in [0.717, 1.165) is 29.5 Å². The normalized spacial score (nSPS) is 15.3. The summed E-state index contributed by atoms with van der Waals surface area (Å²) in [7, 11) is 0. The Morgan fingerprint density at radius 3 is 2.55 bits per heavy atom. The van der Waals surface area contributed by atoms with E-state index < -0.39 is 17.7 Å². The van der Waals surface area contributed by atoms with Gasteiger partial charge in [-0.15, -0.1) is 11.3 Å². The van der Waals surface area contributed by atoms with E-state index >= 15 is 0 Å². The molecule has 9 heteroatoms. The zero-order valence-corrected chi connectivity index (χ0v) is 15.9. The van der Waals surface area contributed by atoms with Crippen molar-refractivity contribution in [3.05, 3.63) is 59.9 Å². The zero-order valence-electron chi connectivity index (χ0n) is 15.1. The SMILES string of the molecule is O=C(O)C1CN(Cc2ccc(-c3ncc(-c4cc(C(F)(F)F)ccn4)s3)cc2)C1. The lowest BCUT2D eigenvalue weighted by Crippen LogP contribution is -2.49. The van der Waals surface area contributed by atoms with Gasteiger partial charge in [-0.3, -0.25) is 14.7 Å². The van der Waals surface area contributed by atoms with E-state index in [1.807, 2.05) is 24.3 Å². The highest BCUT2D eigenvalue weighted by molar-refractivity contribution is 7.18. The molecule has 1 aromatic carbocycles. The predicted octanol–water partition coefficient (Wildman–Crippen LogP) is 4.41. The molecule has 1 N–H and O–H groups in total. The molecule has 0 radical (unpaired) electrons. The number of likely N-dealkylation sites (tertiary alicyclic amines) is 1. The van der Waals surface area contributed by atoms with Gasteiger partial charge in [0.1, 0.15) is 5.01 Å². The maximum atomic E-state index is 12.9. The summed E-state index contributed by atoms with van der Waals surface area (Å²) in [5.41, 5.74) is 1.43. The molecule has 0 amide bonds. The van der Waals surface area contributed by atoms with Gasteiger partial charge in [0, 0.05) is 37.6 Å². The Bertz CT molecular complexity index is 1030. The minimum Gasteiger partial charge on any atom is -0.481 e. The fraction of sp³-hybridized carbons (Fsp3) is 0.250. The standard InChI is InChI=1S/C20H16F3N3O2S/c21-20(22,23)15-5-6-24-16(7-15)17-8-25-18(29-17)13-3-1-12(2-4-13)9-26-10-14(11-26)19(27)28/h1-8,14H,9-11H2,(H,27,28). The molecule has 1 saturated heterocycles. The lowest BCUT2D eigenvalue weighted by molar-refractivity contribution is -0.147. The molecule has 1 aliphatic rings. The van der Waals surface area contributed by atoms with Crippen molar-refractivity contribution in [1.82, 2.24) is 14.9 Å². The Balaban J connectivity index is 1.45. The van der Waals surface area contributed by atoms with E-state index in [4.69, 9.17) is 5.11 Å². The first-order valence-corrected chi connectivity index (χ1v) is 9.65. The number of thiazole rings is 1. The third-order valence-electron chi connectivity index (χ3n) is 4.76. The maximum Gasteiger partial charge on any atom is 0.416 e. The Morgan fingerprint density at radius 1 is 1.17 bits per heavy atom. The fourth-order valence-corrected chi connectivity index (χ4v) is 4.02. The first-order valence-electron chi connectivity index (χ1n) is 8.83. The summed E-state index contributed by atoms with van der Waals surface area (Å²) in [6.07, 6.45) is -1.73. The van der Waals surface area contributed by atoms with E-state index in [0.29, 0.717) is 29.5 Å². The molecular formula is C20H16F3N3O2S. The number of hydrogen-bond donors (Lipinski definition) is 1. The molecule has 0 spiro atoms. The summed E-state index contributed by atoms with van der Waals surface area (Å²) in [5, 5.41) is 9.62. The molecule has 3 aromatic rings. The van der Waals surface area contributed by atoms with Gasteiger partial charge in [0.2, 0.25) is 0 Å². The van der Waals surface area contributed by atoms with Gasteiger partial charge in [-0.2, -0.15) is 13.2 Å². The van der Waals surface area contributed by atoms with Crippen LogP contribution >= 0.6 is 11.3 Å². The molecule has 150 valence electrons. The molecule has 4 rings (SSSR count). The summed E-state index contributed by atoms with van der Waals surface area (Å²) in [6.45, 7) is 1.79. The first kappa shape index (κ1) is 19.5. The Morgan fingerprint density at radius 2 is 1.90 bits per heavy atom. The summed E-state index contributed by atoms with van der Waals surface area (Å²) in [4.78, 5) is 21.8. The van der Waals surface area contributed by atoms with Crippen molar-refractivity contribution in [2.45, 2.75) is 12.7 Å². The van der Waals surface area contributed by atoms with Gasteiger partial charge < -0.3 is 5.11 Å². The molecule has 3 heterocycles. The Kier molecular flexibility index (Phi) is 5.10. The number of carboxylic acid groups (broad SMARTS) is 1. The van der Waals surface area contributed by atoms with E-state index in [-0.39, 0.29) is 11.6 Å². The molecule has 1 aliphatic heterocycles. The second kappa shape index (κ2) is 7.57. The lowest BCUT2D eigenvalue weighted by atomic mass is 9.99. The largest absolute Gasteiger partial charge is 0.481 e. The van der Waals surface area contributed by atoms with Gasteiger partial charge in [-0.1, -0.05) is 24.3 Å². The van der Waals surface area contributed by atoms with Crippen LogP contribution in [0.1, 0.15) is 11.1 Å². The van der Waals surface area contributed by atoms with Crippen molar-refractivity contribution in [2.75, 3.05) is 13.1 Å². The van der Waals surface area contributed by atoms with Crippen molar-refractivity contribution in [1.29, 1.82) is 0 Å². The van der Waals surface area contributed by atoms with Gasteiger partial charge in [-0.25, -0.2) is 4.98 Å². The van der Waals surface area contributed by atoms with Crippen molar-refractivity contribution in [3.63, 3.8) is 0 Å². The minimum absolute atomic E-state index is 0.242. The smallest absolute Gasteiger partial charge is 0.416 e. The highest BCUT2D eigenvalue weighted by Gasteiger charge is 2.32. The molecule has 29 heavy (non-hydrogen) atoms. The van der Waals surface area contributed by atoms with Gasteiger partial charge in [0.05, 0.1) is 22.1 Å². The highest BCUT2D eigenvalue weighted by Crippen LogP contribution is 2.35. The number of hydrogen-bond acceptors (Lipinski definition) is 5. The van der Waals surface area contributed by atoms with Gasteiger partial charge in [0.15, 0.2) is 0 Å². The molecule has 1 fully saturated rings. The summed E-state index contributed by atoms with van der Waals surface area (Å²) in [5.74, 6) is -1.04. The van der Waals surface area contributed by atoms with Crippen LogP contribution in [0.3, 0.4) is 0 Å². The number of pyridine rings is 1. The topological polar surface area (TPSA) is 66.3 Å². The molecule has 0 saturated carbocycles. The van der Waals surface area contributed by atoms with Crippen LogP contribution in [0.2, 0.25) is 0 Å². The van der Waals surface area contributed by atoms with E-state index in [1.165, 1.54) is 17.5 Å². The summed E-state index contributed by atoms with van der Waals surface area (Å²) >= 11 is 1.28. The fourth-order valence-electron chi connectivity index (χ4n) is 3.13. The van der Waals surface area contributed by atoms with Gasteiger partial charge in [0.25, 0.3) is 0 Å². The Hall–Kier alpha value is -2.78. The molecule has 0 unspecified atom stereocenters. The van der Waals surface area contributed by atoms with Crippen LogP contribution < -0.4 is 0 Å². The molecule has 2 aromatic heterocycles. The van der Waals surface area contributed by atoms with Crippen LogP contribution in [-0.2, 0) is 17.5 Å². The molecular weight excluding hydrogens is 403 g/mol. The number of benzene rings is 1. The average molecular weight is 419 g/mol. The molecule has 0 atom stereocenters. The van der Waals surface area contributed by atoms with E-state index in [9.17, 15) is 18.0 Å². The van der Waals surface area contributed by atoms with Gasteiger partial charge >= 0.3 is 12.1 Å². The van der Waals surface area contributed by atoms with Crippen molar-refractivity contribution < 1.29 is 23.1 Å². The van der Waals surface area contributed by atoms with Crippen LogP contribution in [0.5, 0.6) is 0 Å². The number of carboxylic acids is 1. The molecule has 5 nitrogen and oxygen atoms in total. The van der Waals surface area contributed by atoms with E-state index in [2.05, 4.69) is 14.9 Å². The van der Waals surface area contributed by atoms with Crippen LogP contribution in [0.25, 0.3) is 21.1 Å². The number of nitrogens with zero attached hydrogens (tertiary/aromatic N) is 3. The lowest BCUT2D eigenvalue weighted by Gasteiger charge is -2.36. The van der Waals surface area contributed by atoms with E-state index in [1.54, 1.807) is 0 Å². The summed E-state index contributed by atoms with van der Waals surface area (Å²) < 4.78 is 38.7. The number of alkyl halides is 3. The van der Waals surface area contributed by atoms with Crippen LogP contribution in [-0.4, -0.2) is 39.0 Å². The quantitative estimate of drug-likeness (QED) is 0.664. The maximum absolute atomic E-state index is 12.9. The predicted molar refractivity (Wildman–Crippen MR) is 102 cm³/mol. The molecule has 0 aliphatic carbocycles. The van der Waals surface area contributed by atoms with Crippen molar-refractivity contribution >= 4 is 17.3 Å². The second-order valence-electron chi connectivity index (χ2n) is 6.88. The third kappa shape index (κ3) is 4.30. The van der Waals surface area contributed by atoms with Crippen LogP contribution in [0.15, 0.2) is 48.8 Å². The first-order chi connectivity index (χ1) is 13.8. The highest BCUT2D eigenvalue weighted by atomic mass is 32.1. The second-order valence-corrected chi connectivity index (χ2v) is 7.91. The summed E-state index contributed by atoms with van der Waals surface area (Å²) in [6, 6.07) is 9.69. The van der Waals surface area contributed by atoms with Gasteiger partial charge in [-0.05, 0) is 17.7 Å². The monoisotopic (exact) mass is 419 g/mol. The van der Waals surface area contributed by atoms with Crippen molar-refractivity contribution in [3.8, 4) is 21.1 Å². The number of aromatic nitrogens is 2. The minimum atomic E-state index is -4.41. The number of halogens is 3. The zero-order chi connectivity index (χ0) is 20.6. The molecule has 0 bridgehead atoms. The Labute approximate surface area is 168 Å². The number of carbonyl (C=O) groups is 1. The van der Waals surface area contributed by atoms with Crippen LogP contribution in [0.4, 0.5) is 13.2 Å². The number of rotatable bonds is 5. The van der Waals surface area contributed by atoms with Crippen LogP contribution in [0, 0.1) is 5.92 Å².